The summed E-state index contributed by atoms with van der Waals surface area (Å²) in [5.74, 6) is 0. The van der Waals surface area contributed by atoms with Crippen molar-refractivity contribution in [3.8, 4) is 0 Å². The van der Waals surface area contributed by atoms with Gasteiger partial charge in [0.15, 0.2) is 0 Å². The molecule has 0 spiro atoms. The van der Waals surface area contributed by atoms with Crippen LogP contribution in [-0.4, -0.2) is 0 Å². The smallest absolute Gasteiger partial charge is 0.0462 e. The van der Waals surface area contributed by atoms with E-state index in [9.17, 15) is 0 Å². The molecule has 6 aromatic carbocycles. The third kappa shape index (κ3) is 7.52. The molecule has 0 saturated heterocycles. The van der Waals surface area contributed by atoms with Gasteiger partial charge in [0.25, 0.3) is 0 Å². The summed E-state index contributed by atoms with van der Waals surface area (Å²) in [7, 11) is 0. The van der Waals surface area contributed by atoms with Crippen molar-refractivity contribution in [2.75, 3.05) is 4.90 Å². The van der Waals surface area contributed by atoms with E-state index >= 15 is 0 Å². The summed E-state index contributed by atoms with van der Waals surface area (Å²) in [6.45, 7) is 6.52. The molecule has 0 aromatic heterocycles. The van der Waals surface area contributed by atoms with Crippen LogP contribution >= 0.6 is 0 Å². The van der Waals surface area contributed by atoms with Gasteiger partial charge in [0, 0.05) is 17.1 Å². The van der Waals surface area contributed by atoms with Crippen molar-refractivity contribution in [1.29, 1.82) is 0 Å². The lowest BCUT2D eigenvalue weighted by atomic mass is 10.0. The van der Waals surface area contributed by atoms with Gasteiger partial charge in [-0.3, -0.25) is 0 Å². The van der Waals surface area contributed by atoms with E-state index in [1.54, 1.807) is 0 Å². The lowest BCUT2D eigenvalue weighted by molar-refractivity contribution is 1.28. The predicted molar refractivity (Wildman–Crippen MR) is 201 cm³/mol. The molecule has 224 valence electrons. The van der Waals surface area contributed by atoms with Crippen LogP contribution in [0.1, 0.15) is 54.2 Å². The van der Waals surface area contributed by atoms with Gasteiger partial charge >= 0.3 is 0 Å². The number of benzene rings is 6. The van der Waals surface area contributed by atoms with Gasteiger partial charge in [-0.1, -0.05) is 146 Å². The number of allylic oxidation sites excluding steroid dienone is 3. The lowest BCUT2D eigenvalue weighted by Crippen LogP contribution is -2.10. The Labute approximate surface area is 274 Å². The standard InChI is InChI=1S/C45H39N/c1-34(31-37-13-7-4-8-14-37)40-19-25-43(26-20-40)46(44-27-21-41(22-28-44)35(2)32-38-15-9-5-10-16-38)45-29-23-42(24-30-45)36(3)33-39-17-11-6-12-18-39/h4-33H,1-3H3/b34-31+,35-32+,36-33+. The second kappa shape index (κ2) is 14.4. The summed E-state index contributed by atoms with van der Waals surface area (Å²) in [4.78, 5) is 2.33. The van der Waals surface area contributed by atoms with Gasteiger partial charge in [0.1, 0.15) is 0 Å². The summed E-state index contributed by atoms with van der Waals surface area (Å²) in [6, 6.07) is 58.1. The molecule has 6 rings (SSSR count). The van der Waals surface area contributed by atoms with Crippen molar-refractivity contribution in [3.63, 3.8) is 0 Å². The molecule has 0 fully saturated rings. The van der Waals surface area contributed by atoms with E-state index in [2.05, 4.69) is 208 Å². The largest absolute Gasteiger partial charge is 0.311 e. The molecule has 0 bridgehead atoms. The first-order chi connectivity index (χ1) is 22.5. The maximum absolute atomic E-state index is 2.33. The molecular formula is C45H39N. The summed E-state index contributed by atoms with van der Waals surface area (Å²) in [5, 5.41) is 0. The normalized spacial score (nSPS) is 12.2. The average Bonchev–Trinajstić information content (AvgIpc) is 3.10. The average molecular weight is 594 g/mol. The van der Waals surface area contributed by atoms with Crippen LogP contribution in [0.4, 0.5) is 17.1 Å². The summed E-state index contributed by atoms with van der Waals surface area (Å²) >= 11 is 0. The van der Waals surface area contributed by atoms with Crippen LogP contribution < -0.4 is 4.90 Å². The third-order valence-corrected chi connectivity index (χ3v) is 8.29. The molecule has 0 heterocycles. The van der Waals surface area contributed by atoms with Crippen molar-refractivity contribution in [3.05, 3.63) is 197 Å². The van der Waals surface area contributed by atoms with E-state index in [0.29, 0.717) is 0 Å². The minimum absolute atomic E-state index is 1.12. The Balaban J connectivity index is 1.33. The molecule has 0 aliphatic heterocycles. The zero-order valence-corrected chi connectivity index (χ0v) is 26.8. The summed E-state index contributed by atoms with van der Waals surface area (Å²) in [5.41, 5.74) is 14.3. The van der Waals surface area contributed by atoms with Crippen molar-refractivity contribution in [2.45, 2.75) is 20.8 Å². The van der Waals surface area contributed by atoms with Gasteiger partial charge in [0.2, 0.25) is 0 Å². The van der Waals surface area contributed by atoms with Crippen LogP contribution in [0, 0.1) is 0 Å². The zero-order chi connectivity index (χ0) is 31.7. The minimum Gasteiger partial charge on any atom is -0.311 e. The molecule has 0 amide bonds. The molecular weight excluding hydrogens is 555 g/mol. The molecule has 46 heavy (non-hydrogen) atoms. The summed E-state index contributed by atoms with van der Waals surface area (Å²) in [6.07, 6.45) is 6.71. The molecule has 6 aromatic rings. The van der Waals surface area contributed by atoms with Gasteiger partial charge in [-0.05, 0) is 107 Å². The van der Waals surface area contributed by atoms with Crippen molar-refractivity contribution < 1.29 is 0 Å². The van der Waals surface area contributed by atoms with Crippen molar-refractivity contribution >= 4 is 52.0 Å². The van der Waals surface area contributed by atoms with E-state index in [1.807, 2.05) is 0 Å². The maximum Gasteiger partial charge on any atom is 0.0462 e. The Bertz CT molecular complexity index is 1710. The Morgan fingerprint density at radius 1 is 0.326 bits per heavy atom. The van der Waals surface area contributed by atoms with Gasteiger partial charge < -0.3 is 4.90 Å². The Kier molecular flexibility index (Phi) is 9.52. The fourth-order valence-electron chi connectivity index (χ4n) is 5.72. The highest BCUT2D eigenvalue weighted by Crippen LogP contribution is 2.37. The van der Waals surface area contributed by atoms with Crippen LogP contribution in [0.25, 0.3) is 34.9 Å². The molecule has 0 saturated carbocycles. The van der Waals surface area contributed by atoms with Crippen LogP contribution in [0.2, 0.25) is 0 Å². The van der Waals surface area contributed by atoms with Gasteiger partial charge in [0.05, 0.1) is 0 Å². The number of nitrogens with zero attached hydrogens (tertiary/aromatic N) is 1. The highest BCUT2D eigenvalue weighted by atomic mass is 15.1. The fraction of sp³-hybridized carbons (Fsp3) is 0.0667. The Morgan fingerprint density at radius 2 is 0.565 bits per heavy atom. The molecule has 0 aliphatic carbocycles. The number of hydrogen-bond donors (Lipinski definition) is 0. The van der Waals surface area contributed by atoms with Gasteiger partial charge in [-0.25, -0.2) is 0 Å². The predicted octanol–water partition coefficient (Wildman–Crippen LogP) is 12.8. The molecule has 0 radical (unpaired) electrons. The number of hydrogen-bond acceptors (Lipinski definition) is 1. The Hall–Kier alpha value is -5.66. The highest BCUT2D eigenvalue weighted by Gasteiger charge is 2.14. The van der Waals surface area contributed by atoms with Crippen LogP contribution in [0.3, 0.4) is 0 Å². The number of anilines is 3. The number of rotatable bonds is 9. The van der Waals surface area contributed by atoms with E-state index < -0.39 is 0 Å². The third-order valence-electron chi connectivity index (χ3n) is 8.29. The molecule has 0 unspecified atom stereocenters. The first-order valence-electron chi connectivity index (χ1n) is 15.8. The van der Waals surface area contributed by atoms with Gasteiger partial charge in [-0.2, -0.15) is 0 Å². The van der Waals surface area contributed by atoms with Crippen molar-refractivity contribution in [1.82, 2.24) is 0 Å². The van der Waals surface area contributed by atoms with E-state index in [4.69, 9.17) is 0 Å². The first kappa shape index (κ1) is 30.4. The molecule has 0 aliphatic rings. The van der Waals surface area contributed by atoms with Crippen molar-refractivity contribution in [2.24, 2.45) is 0 Å². The van der Waals surface area contributed by atoms with E-state index in [-0.39, 0.29) is 0 Å². The van der Waals surface area contributed by atoms with Crippen LogP contribution in [-0.2, 0) is 0 Å². The Morgan fingerprint density at radius 3 is 0.804 bits per heavy atom. The zero-order valence-electron chi connectivity index (χ0n) is 26.8. The minimum atomic E-state index is 1.12. The summed E-state index contributed by atoms with van der Waals surface area (Å²) < 4.78 is 0. The monoisotopic (exact) mass is 593 g/mol. The van der Waals surface area contributed by atoms with E-state index in [0.717, 1.165) is 17.1 Å². The molecule has 0 N–H and O–H groups in total. The van der Waals surface area contributed by atoms with E-state index in [1.165, 1.54) is 50.1 Å². The van der Waals surface area contributed by atoms with Crippen LogP contribution in [0.5, 0.6) is 0 Å². The highest BCUT2D eigenvalue weighted by molar-refractivity contribution is 5.85. The maximum atomic E-state index is 2.33. The quantitative estimate of drug-likeness (QED) is 0.151. The molecule has 1 nitrogen and oxygen atoms in total. The molecule has 0 atom stereocenters. The molecule has 1 heteroatoms. The van der Waals surface area contributed by atoms with Gasteiger partial charge in [-0.15, -0.1) is 0 Å². The fourth-order valence-corrected chi connectivity index (χ4v) is 5.72. The SMILES string of the molecule is C/C(=C\c1ccccc1)c1ccc(N(c2ccc(/C(C)=C/c3ccccc3)cc2)c2ccc(/C(C)=C/c3ccccc3)cc2)cc1. The second-order valence-electron chi connectivity index (χ2n) is 11.7. The lowest BCUT2D eigenvalue weighted by Gasteiger charge is -2.26. The first-order valence-corrected chi connectivity index (χ1v) is 15.8. The topological polar surface area (TPSA) is 3.24 Å². The second-order valence-corrected chi connectivity index (χ2v) is 11.7. The van der Waals surface area contributed by atoms with Crippen LogP contribution in [0.15, 0.2) is 164 Å².